The highest BCUT2D eigenvalue weighted by atomic mass is 127. The Bertz CT molecular complexity index is 427. The summed E-state index contributed by atoms with van der Waals surface area (Å²) in [5.74, 6) is 1.45. The maximum Gasteiger partial charge on any atom is 0.191 e. The van der Waals surface area contributed by atoms with Crippen LogP contribution in [-0.2, 0) is 5.41 Å². The number of nitrogens with one attached hydrogen (secondary N) is 2. The summed E-state index contributed by atoms with van der Waals surface area (Å²) in [7, 11) is 1.82. The molecule has 0 amide bonds. The Morgan fingerprint density at radius 2 is 1.71 bits per heavy atom. The minimum Gasteiger partial charge on any atom is -0.356 e. The van der Waals surface area contributed by atoms with Crippen LogP contribution in [0.25, 0.3) is 0 Å². The maximum absolute atomic E-state index is 4.30. The number of hydrogen-bond acceptors (Lipinski definition) is 1. The second-order valence-electron chi connectivity index (χ2n) is 6.35. The van der Waals surface area contributed by atoms with Crippen LogP contribution in [-0.4, -0.2) is 25.6 Å². The second kappa shape index (κ2) is 9.28. The molecule has 0 aliphatic rings. The van der Waals surface area contributed by atoms with Gasteiger partial charge in [0.25, 0.3) is 0 Å². The molecule has 0 bridgehead atoms. The summed E-state index contributed by atoms with van der Waals surface area (Å²) >= 11 is 0. The van der Waals surface area contributed by atoms with E-state index in [0.29, 0.717) is 12.0 Å². The topological polar surface area (TPSA) is 36.4 Å². The highest BCUT2D eigenvalue weighted by Crippen LogP contribution is 2.21. The minimum absolute atomic E-state index is 0. The summed E-state index contributed by atoms with van der Waals surface area (Å²) in [6.07, 6.45) is 0. The predicted molar refractivity (Wildman–Crippen MR) is 104 cm³/mol. The smallest absolute Gasteiger partial charge is 0.191 e. The number of aliphatic imine (C=N–C) groups is 1. The highest BCUT2D eigenvalue weighted by molar-refractivity contribution is 14.0. The summed E-state index contributed by atoms with van der Waals surface area (Å²) in [5.41, 5.74) is 1.40. The van der Waals surface area contributed by atoms with Crippen molar-refractivity contribution in [3.8, 4) is 0 Å². The molecular weight excluding hydrogens is 373 g/mol. The number of nitrogens with zero attached hydrogens (tertiary/aromatic N) is 1. The molecule has 1 unspecified atom stereocenters. The Kier molecular flexibility index (Phi) is 8.94. The fourth-order valence-corrected chi connectivity index (χ4v) is 1.87. The van der Waals surface area contributed by atoms with Crippen molar-refractivity contribution in [1.29, 1.82) is 0 Å². The summed E-state index contributed by atoms with van der Waals surface area (Å²) in [5, 5.41) is 6.86. The van der Waals surface area contributed by atoms with Crippen molar-refractivity contribution in [3.63, 3.8) is 0 Å². The molecule has 0 heterocycles. The molecule has 1 rings (SSSR count). The monoisotopic (exact) mass is 403 g/mol. The van der Waals surface area contributed by atoms with Gasteiger partial charge in [0.15, 0.2) is 5.96 Å². The predicted octanol–water partition coefficient (Wildman–Crippen LogP) is 3.79. The van der Waals surface area contributed by atoms with Crippen LogP contribution in [0.4, 0.5) is 0 Å². The van der Waals surface area contributed by atoms with E-state index in [1.807, 2.05) is 7.05 Å². The average molecular weight is 403 g/mol. The molecule has 3 nitrogen and oxygen atoms in total. The van der Waals surface area contributed by atoms with Crippen molar-refractivity contribution in [1.82, 2.24) is 10.6 Å². The first-order valence-electron chi connectivity index (χ1n) is 7.39. The van der Waals surface area contributed by atoms with Gasteiger partial charge in [0.2, 0.25) is 0 Å². The van der Waals surface area contributed by atoms with E-state index in [2.05, 4.69) is 80.6 Å². The van der Waals surface area contributed by atoms with Gasteiger partial charge in [-0.05, 0) is 18.4 Å². The van der Waals surface area contributed by atoms with Gasteiger partial charge in [-0.15, -0.1) is 24.0 Å². The van der Waals surface area contributed by atoms with E-state index < -0.39 is 0 Å². The van der Waals surface area contributed by atoms with Crippen LogP contribution in [0.2, 0.25) is 0 Å². The maximum atomic E-state index is 4.30. The van der Waals surface area contributed by atoms with Crippen LogP contribution < -0.4 is 10.6 Å². The molecular formula is C17H30IN3. The minimum atomic E-state index is 0. The number of rotatable bonds is 5. The molecule has 2 N–H and O–H groups in total. The van der Waals surface area contributed by atoms with E-state index >= 15 is 0 Å². The summed E-state index contributed by atoms with van der Waals surface area (Å²) in [6.45, 7) is 11.9. The fourth-order valence-electron chi connectivity index (χ4n) is 1.87. The molecule has 21 heavy (non-hydrogen) atoms. The van der Waals surface area contributed by atoms with E-state index in [4.69, 9.17) is 0 Å². The second-order valence-corrected chi connectivity index (χ2v) is 6.35. The van der Waals surface area contributed by atoms with Crippen LogP contribution in [0.5, 0.6) is 0 Å². The Morgan fingerprint density at radius 1 is 1.14 bits per heavy atom. The molecule has 0 aromatic heterocycles. The van der Waals surface area contributed by atoms with Crippen molar-refractivity contribution in [3.05, 3.63) is 35.9 Å². The third-order valence-electron chi connectivity index (χ3n) is 3.84. The third kappa shape index (κ3) is 6.68. The van der Waals surface area contributed by atoms with Gasteiger partial charge >= 0.3 is 0 Å². The van der Waals surface area contributed by atoms with Crippen LogP contribution in [0.3, 0.4) is 0 Å². The highest BCUT2D eigenvalue weighted by Gasteiger charge is 2.21. The molecule has 0 fully saturated rings. The molecule has 0 spiro atoms. The van der Waals surface area contributed by atoms with Crippen molar-refractivity contribution >= 4 is 29.9 Å². The third-order valence-corrected chi connectivity index (χ3v) is 3.84. The van der Waals surface area contributed by atoms with Gasteiger partial charge < -0.3 is 10.6 Å². The zero-order chi connectivity index (χ0) is 15.2. The average Bonchev–Trinajstić information content (AvgIpc) is 2.44. The van der Waals surface area contributed by atoms with Crippen molar-refractivity contribution in [2.24, 2.45) is 10.9 Å². The van der Waals surface area contributed by atoms with Crippen LogP contribution >= 0.6 is 24.0 Å². The van der Waals surface area contributed by atoms with Crippen LogP contribution in [0.1, 0.15) is 40.2 Å². The van der Waals surface area contributed by atoms with E-state index in [0.717, 1.165) is 12.5 Å². The standard InChI is InChI=1S/C17H29N3.HI/c1-13(2)14(3)20-16(18-6)19-12-17(4,5)15-10-8-7-9-11-15;/h7-11,13-14H,12H2,1-6H3,(H2,18,19,20);1H. The molecule has 120 valence electrons. The lowest BCUT2D eigenvalue weighted by molar-refractivity contribution is 0.468. The number of benzene rings is 1. The summed E-state index contributed by atoms with van der Waals surface area (Å²) in [4.78, 5) is 4.30. The van der Waals surface area contributed by atoms with E-state index in [9.17, 15) is 0 Å². The largest absolute Gasteiger partial charge is 0.356 e. The first-order valence-corrected chi connectivity index (χ1v) is 7.39. The lowest BCUT2D eigenvalue weighted by Crippen LogP contribution is -2.47. The Balaban J connectivity index is 0.00000400. The lowest BCUT2D eigenvalue weighted by atomic mass is 9.85. The van der Waals surface area contributed by atoms with E-state index in [1.165, 1.54) is 5.56 Å². The molecule has 0 aliphatic heterocycles. The molecule has 1 aromatic carbocycles. The Morgan fingerprint density at radius 3 is 2.19 bits per heavy atom. The summed E-state index contributed by atoms with van der Waals surface area (Å²) < 4.78 is 0. The molecule has 0 aliphatic carbocycles. The van der Waals surface area contributed by atoms with Gasteiger partial charge in [-0.25, -0.2) is 0 Å². The Hall–Kier alpha value is -0.780. The van der Waals surface area contributed by atoms with Gasteiger partial charge in [-0.2, -0.15) is 0 Å². The number of guanidine groups is 1. The Labute approximate surface area is 147 Å². The first-order chi connectivity index (χ1) is 9.36. The van der Waals surface area contributed by atoms with Crippen molar-refractivity contribution in [2.45, 2.75) is 46.1 Å². The lowest BCUT2D eigenvalue weighted by Gasteiger charge is -2.28. The quantitative estimate of drug-likeness (QED) is 0.446. The molecule has 1 aromatic rings. The van der Waals surface area contributed by atoms with Gasteiger partial charge in [0, 0.05) is 25.0 Å². The zero-order valence-electron chi connectivity index (χ0n) is 14.1. The number of hydrogen-bond donors (Lipinski definition) is 2. The van der Waals surface area contributed by atoms with Crippen LogP contribution in [0.15, 0.2) is 35.3 Å². The molecule has 0 saturated heterocycles. The molecule has 4 heteroatoms. The normalized spacial score (nSPS) is 13.6. The first kappa shape index (κ1) is 20.2. The van der Waals surface area contributed by atoms with Crippen LogP contribution in [0, 0.1) is 5.92 Å². The SMILES string of the molecule is CN=C(NCC(C)(C)c1ccccc1)NC(C)C(C)C.I. The van der Waals surface area contributed by atoms with Crippen molar-refractivity contribution < 1.29 is 0 Å². The van der Waals surface area contributed by atoms with E-state index in [-0.39, 0.29) is 29.4 Å². The summed E-state index contributed by atoms with van der Waals surface area (Å²) in [6, 6.07) is 11.0. The van der Waals surface area contributed by atoms with Gasteiger partial charge in [-0.1, -0.05) is 58.0 Å². The zero-order valence-corrected chi connectivity index (χ0v) is 16.4. The van der Waals surface area contributed by atoms with Gasteiger partial charge in [0.1, 0.15) is 0 Å². The number of halogens is 1. The fraction of sp³-hybridized carbons (Fsp3) is 0.588. The van der Waals surface area contributed by atoms with E-state index in [1.54, 1.807) is 0 Å². The van der Waals surface area contributed by atoms with Gasteiger partial charge in [0.05, 0.1) is 0 Å². The molecule has 0 saturated carbocycles. The van der Waals surface area contributed by atoms with Gasteiger partial charge in [-0.3, -0.25) is 4.99 Å². The van der Waals surface area contributed by atoms with Crippen molar-refractivity contribution in [2.75, 3.05) is 13.6 Å². The molecule has 1 atom stereocenters. The molecule has 0 radical (unpaired) electrons.